The number of nitrogens with zero attached hydrogens (tertiary/aromatic N) is 1. The molecule has 1 aromatic carbocycles. The molecule has 0 radical (unpaired) electrons. The van der Waals surface area contributed by atoms with Gasteiger partial charge in [0.15, 0.2) is 0 Å². The van der Waals surface area contributed by atoms with Crippen LogP contribution in [0, 0.1) is 6.92 Å². The van der Waals surface area contributed by atoms with Crippen LogP contribution in [0.4, 0.5) is 10.5 Å². The van der Waals surface area contributed by atoms with Crippen molar-refractivity contribution in [2.24, 2.45) is 5.16 Å². The Kier molecular flexibility index (Phi) is 6.19. The summed E-state index contributed by atoms with van der Waals surface area (Å²) in [6, 6.07) is 3.31. The minimum Gasteiger partial charge on any atom is -0.465 e. The van der Waals surface area contributed by atoms with Crippen molar-refractivity contribution in [3.05, 3.63) is 28.8 Å². The Morgan fingerprint density at radius 2 is 2.14 bits per heavy atom. The van der Waals surface area contributed by atoms with Crippen LogP contribution in [-0.2, 0) is 15.9 Å². The Bertz CT molecular complexity index is 555. The van der Waals surface area contributed by atoms with Gasteiger partial charge in [-0.2, -0.15) is 0 Å². The van der Waals surface area contributed by atoms with Crippen molar-refractivity contribution in [1.82, 2.24) is 0 Å². The number of nitrogens with one attached hydrogen (secondary N) is 1. The zero-order valence-electron chi connectivity index (χ0n) is 12.2. The van der Waals surface area contributed by atoms with Crippen LogP contribution >= 0.6 is 0 Å². The quantitative estimate of drug-likeness (QED) is 0.376. The minimum absolute atomic E-state index is 0.226. The molecule has 0 aliphatic carbocycles. The number of oxime groups is 1. The van der Waals surface area contributed by atoms with Crippen LogP contribution in [0.2, 0.25) is 0 Å². The molecule has 114 valence electrons. The molecule has 0 unspecified atom stereocenters. The van der Waals surface area contributed by atoms with Gasteiger partial charge in [-0.05, 0) is 31.0 Å². The number of anilines is 1. The van der Waals surface area contributed by atoms with E-state index in [2.05, 4.69) is 10.5 Å². The van der Waals surface area contributed by atoms with Crippen molar-refractivity contribution >= 4 is 24.0 Å². The smallest absolute Gasteiger partial charge is 0.411 e. The Balaban J connectivity index is 3.21. The summed E-state index contributed by atoms with van der Waals surface area (Å²) in [6.07, 6.45) is 1.01. The summed E-state index contributed by atoms with van der Waals surface area (Å²) >= 11 is 0. The third kappa shape index (κ3) is 4.20. The summed E-state index contributed by atoms with van der Waals surface area (Å²) in [6.45, 7) is 3.63. The normalized spacial score (nSPS) is 10.4. The lowest BCUT2D eigenvalue weighted by molar-refractivity contribution is 0.0601. The van der Waals surface area contributed by atoms with Gasteiger partial charge in [-0.25, -0.2) is 9.59 Å². The summed E-state index contributed by atoms with van der Waals surface area (Å²) in [5.74, 6) is -0.568. The van der Waals surface area contributed by atoms with Crippen molar-refractivity contribution < 1.29 is 24.3 Å². The van der Waals surface area contributed by atoms with Gasteiger partial charge in [0.1, 0.15) is 0 Å². The Morgan fingerprint density at radius 1 is 1.43 bits per heavy atom. The minimum atomic E-state index is -0.647. The van der Waals surface area contributed by atoms with Gasteiger partial charge in [0, 0.05) is 12.6 Å². The van der Waals surface area contributed by atoms with Crippen LogP contribution < -0.4 is 5.32 Å². The van der Waals surface area contributed by atoms with Gasteiger partial charge in [0.2, 0.25) is 0 Å². The van der Waals surface area contributed by atoms with Crippen molar-refractivity contribution in [3.63, 3.8) is 0 Å². The van der Waals surface area contributed by atoms with Crippen molar-refractivity contribution in [1.29, 1.82) is 0 Å². The molecule has 0 aliphatic rings. The maximum Gasteiger partial charge on any atom is 0.411 e. The number of carbonyl (C=O) groups excluding carboxylic acids is 2. The zero-order valence-corrected chi connectivity index (χ0v) is 12.2. The second kappa shape index (κ2) is 7.88. The van der Waals surface area contributed by atoms with Crippen LogP contribution in [0.15, 0.2) is 17.3 Å². The Hall–Kier alpha value is -2.57. The predicted molar refractivity (Wildman–Crippen MR) is 77.1 cm³/mol. The number of ether oxygens (including phenoxy) is 2. The molecule has 7 nitrogen and oxygen atoms in total. The molecule has 2 N–H and O–H groups in total. The van der Waals surface area contributed by atoms with Crippen LogP contribution in [-0.4, -0.2) is 37.2 Å². The SMILES string of the molecule is CCOC(=O)Nc1ccc(CC=NO)c(C)c1C(=O)OC. The van der Waals surface area contributed by atoms with E-state index in [1.807, 2.05) is 0 Å². The number of hydrogen-bond acceptors (Lipinski definition) is 6. The maximum atomic E-state index is 11.9. The van der Waals surface area contributed by atoms with Crippen LogP contribution in [0.25, 0.3) is 0 Å². The molecule has 1 aromatic rings. The molecule has 0 saturated heterocycles. The fraction of sp³-hybridized carbons (Fsp3) is 0.357. The summed E-state index contributed by atoms with van der Waals surface area (Å²) in [7, 11) is 1.26. The molecule has 0 aromatic heterocycles. The van der Waals surface area contributed by atoms with Crippen LogP contribution in [0.1, 0.15) is 28.4 Å². The molecular formula is C14H18N2O5. The van der Waals surface area contributed by atoms with E-state index in [0.29, 0.717) is 17.7 Å². The van der Waals surface area contributed by atoms with Gasteiger partial charge in [-0.1, -0.05) is 6.07 Å². The Labute approximate surface area is 122 Å². The van der Waals surface area contributed by atoms with Crippen LogP contribution in [0.5, 0.6) is 0 Å². The number of esters is 1. The highest BCUT2D eigenvalue weighted by Crippen LogP contribution is 2.24. The fourth-order valence-electron chi connectivity index (χ4n) is 1.86. The average molecular weight is 294 g/mol. The third-order valence-electron chi connectivity index (χ3n) is 2.87. The third-order valence-corrected chi connectivity index (χ3v) is 2.87. The number of methoxy groups -OCH3 is 1. The fourth-order valence-corrected chi connectivity index (χ4v) is 1.86. The van der Waals surface area contributed by atoms with E-state index in [4.69, 9.17) is 14.7 Å². The monoisotopic (exact) mass is 294 g/mol. The average Bonchev–Trinajstić information content (AvgIpc) is 2.46. The van der Waals surface area contributed by atoms with Gasteiger partial charge >= 0.3 is 12.1 Å². The number of amides is 1. The molecule has 1 rings (SSSR count). The topological polar surface area (TPSA) is 97.2 Å². The zero-order chi connectivity index (χ0) is 15.8. The van der Waals surface area contributed by atoms with Gasteiger partial charge in [-0.15, -0.1) is 5.16 Å². The molecule has 0 saturated carbocycles. The summed E-state index contributed by atoms with van der Waals surface area (Å²) in [5, 5.41) is 13.9. The van der Waals surface area contributed by atoms with Crippen LogP contribution in [0.3, 0.4) is 0 Å². The first-order chi connectivity index (χ1) is 10.0. The van der Waals surface area contributed by atoms with Gasteiger partial charge in [0.25, 0.3) is 0 Å². The molecule has 0 fully saturated rings. The molecule has 0 heterocycles. The first-order valence-corrected chi connectivity index (χ1v) is 6.35. The summed E-state index contributed by atoms with van der Waals surface area (Å²) in [5.41, 5.74) is 1.97. The van der Waals surface area contributed by atoms with E-state index in [9.17, 15) is 9.59 Å². The highest BCUT2D eigenvalue weighted by molar-refractivity contribution is 6.01. The van der Waals surface area contributed by atoms with E-state index in [1.54, 1.807) is 26.0 Å². The molecule has 21 heavy (non-hydrogen) atoms. The summed E-state index contributed by atoms with van der Waals surface area (Å²) < 4.78 is 9.54. The van der Waals surface area contributed by atoms with E-state index in [-0.39, 0.29) is 12.2 Å². The predicted octanol–water partition coefficient (Wildman–Crippen LogP) is 2.35. The lowest BCUT2D eigenvalue weighted by Crippen LogP contribution is -2.18. The van der Waals surface area contributed by atoms with Crippen molar-refractivity contribution in [2.45, 2.75) is 20.3 Å². The second-order valence-corrected chi connectivity index (χ2v) is 4.11. The van der Waals surface area contributed by atoms with Crippen molar-refractivity contribution in [3.8, 4) is 0 Å². The lowest BCUT2D eigenvalue weighted by atomic mass is 9.98. The number of carbonyl (C=O) groups is 2. The Morgan fingerprint density at radius 3 is 2.71 bits per heavy atom. The highest BCUT2D eigenvalue weighted by Gasteiger charge is 2.19. The van der Waals surface area contributed by atoms with E-state index in [1.165, 1.54) is 13.3 Å². The molecule has 0 bridgehead atoms. The molecule has 0 atom stereocenters. The van der Waals surface area contributed by atoms with Gasteiger partial charge < -0.3 is 14.7 Å². The standard InChI is InChI=1S/C14H18N2O5/c1-4-21-14(18)16-11-6-5-10(7-8-15-19)9(2)12(11)13(17)20-3/h5-6,8,19H,4,7H2,1-3H3,(H,16,18). The van der Waals surface area contributed by atoms with Crippen molar-refractivity contribution in [2.75, 3.05) is 19.0 Å². The molecule has 1 amide bonds. The first-order valence-electron chi connectivity index (χ1n) is 6.35. The summed E-state index contributed by atoms with van der Waals surface area (Å²) in [4.78, 5) is 23.4. The van der Waals surface area contributed by atoms with E-state index < -0.39 is 12.1 Å². The highest BCUT2D eigenvalue weighted by atomic mass is 16.5. The van der Waals surface area contributed by atoms with Gasteiger partial charge in [-0.3, -0.25) is 5.32 Å². The largest absolute Gasteiger partial charge is 0.465 e. The first kappa shape index (κ1) is 16.5. The lowest BCUT2D eigenvalue weighted by Gasteiger charge is -2.14. The molecular weight excluding hydrogens is 276 g/mol. The molecule has 0 spiro atoms. The maximum absolute atomic E-state index is 11.9. The van der Waals surface area contributed by atoms with Gasteiger partial charge in [0.05, 0.1) is 25.0 Å². The second-order valence-electron chi connectivity index (χ2n) is 4.11. The number of benzene rings is 1. The molecule has 0 aliphatic heterocycles. The van der Waals surface area contributed by atoms with E-state index >= 15 is 0 Å². The van der Waals surface area contributed by atoms with E-state index in [0.717, 1.165) is 5.56 Å². The number of hydrogen-bond donors (Lipinski definition) is 2. The molecule has 7 heteroatoms. The number of rotatable bonds is 5.